The van der Waals surface area contributed by atoms with Crippen LogP contribution in [0.25, 0.3) is 0 Å². The molecule has 0 aromatic heterocycles. The lowest BCUT2D eigenvalue weighted by molar-refractivity contribution is 0.638. The van der Waals surface area contributed by atoms with Gasteiger partial charge in [0.15, 0.2) is 0 Å². The molecule has 0 aliphatic carbocycles. The molecule has 0 aliphatic heterocycles. The smallest absolute Gasteiger partial charge is 0.102 e. The molecule has 0 nitrogen and oxygen atoms in total. The number of hydrogen-bond acceptors (Lipinski definition) is 0. The van der Waals surface area contributed by atoms with Crippen LogP contribution < -0.4 is 0 Å². The van der Waals surface area contributed by atoms with Crippen molar-refractivity contribution in [2.45, 2.75) is 36.9 Å². The maximum absolute atomic E-state index is 5.77. The van der Waals surface area contributed by atoms with Gasteiger partial charge in [0.25, 0.3) is 0 Å². The zero-order valence-electron chi connectivity index (χ0n) is 6.17. The van der Waals surface area contributed by atoms with Gasteiger partial charge in [-0.3, -0.25) is 0 Å². The second kappa shape index (κ2) is 5.68. The van der Waals surface area contributed by atoms with Crippen LogP contribution in [0.2, 0.25) is 0 Å². The van der Waals surface area contributed by atoms with Crippen LogP contribution in [0.4, 0.5) is 0 Å². The molecule has 0 heterocycles. The number of rotatable bonds is 5. The number of halogens is 3. The normalized spacial score (nSPS) is 12.0. The number of unbranched alkanes of at least 4 members (excludes halogenated alkanes) is 2. The highest BCUT2D eigenvalue weighted by atomic mass is 79.9. The van der Waals surface area contributed by atoms with E-state index in [1.807, 2.05) is 6.92 Å². The fraction of sp³-hybridized carbons (Fsp3) is 1.00. The Hall–Kier alpha value is 1.06. The molecular weight excluding hydrogens is 235 g/mol. The van der Waals surface area contributed by atoms with Crippen molar-refractivity contribution in [2.75, 3.05) is 5.33 Å². The number of alkyl halides is 3. The highest BCUT2D eigenvalue weighted by molar-refractivity contribution is 9.09. The highest BCUT2D eigenvalue weighted by Crippen LogP contribution is 2.26. The third kappa shape index (κ3) is 9.06. The fourth-order valence-electron chi connectivity index (χ4n) is 0.707. The van der Waals surface area contributed by atoms with Gasteiger partial charge >= 0.3 is 0 Å². The summed E-state index contributed by atoms with van der Waals surface area (Å²) in [5.74, 6) is 0. The average Bonchev–Trinajstić information content (AvgIpc) is 1.78. The van der Waals surface area contributed by atoms with Gasteiger partial charge < -0.3 is 0 Å². The summed E-state index contributed by atoms with van der Waals surface area (Å²) in [5, 5.41) is 1.08. The van der Waals surface area contributed by atoms with Gasteiger partial charge in [-0.1, -0.05) is 28.8 Å². The van der Waals surface area contributed by atoms with Gasteiger partial charge in [-0.25, -0.2) is 0 Å². The highest BCUT2D eigenvalue weighted by Gasteiger charge is 2.14. The lowest BCUT2D eigenvalue weighted by Gasteiger charge is -2.11. The van der Waals surface area contributed by atoms with Crippen molar-refractivity contribution < 1.29 is 0 Å². The molecule has 0 saturated carbocycles. The predicted molar refractivity (Wildman–Crippen MR) is 52.4 cm³/mol. The van der Waals surface area contributed by atoms with Crippen molar-refractivity contribution in [3.05, 3.63) is 0 Å². The average molecular weight is 248 g/mol. The molecule has 0 amide bonds. The molecule has 0 aliphatic rings. The molecular formula is C7H13BrCl2. The Kier molecular flexibility index (Phi) is 6.28. The van der Waals surface area contributed by atoms with Crippen molar-refractivity contribution in [1.82, 2.24) is 0 Å². The van der Waals surface area contributed by atoms with Crippen molar-refractivity contribution >= 4 is 39.1 Å². The molecule has 0 spiro atoms. The van der Waals surface area contributed by atoms with Crippen LogP contribution in [0.3, 0.4) is 0 Å². The Balaban J connectivity index is 3.04. The van der Waals surface area contributed by atoms with Gasteiger partial charge in [0.1, 0.15) is 4.33 Å². The molecule has 0 radical (unpaired) electrons. The van der Waals surface area contributed by atoms with E-state index in [1.54, 1.807) is 0 Å². The molecule has 62 valence electrons. The summed E-state index contributed by atoms with van der Waals surface area (Å²) in [4.78, 5) is 0. The number of hydrogen-bond donors (Lipinski definition) is 0. The van der Waals surface area contributed by atoms with Crippen LogP contribution >= 0.6 is 39.1 Å². The van der Waals surface area contributed by atoms with Crippen molar-refractivity contribution in [2.24, 2.45) is 0 Å². The van der Waals surface area contributed by atoms with E-state index in [4.69, 9.17) is 23.2 Å². The van der Waals surface area contributed by atoms with E-state index < -0.39 is 4.33 Å². The minimum Gasteiger partial charge on any atom is -0.102 e. The second-order valence-electron chi connectivity index (χ2n) is 2.57. The lowest BCUT2D eigenvalue weighted by Crippen LogP contribution is -2.04. The topological polar surface area (TPSA) is 0 Å². The van der Waals surface area contributed by atoms with Crippen LogP contribution in [0.15, 0.2) is 0 Å². The second-order valence-corrected chi connectivity index (χ2v) is 5.22. The lowest BCUT2D eigenvalue weighted by atomic mass is 10.2. The molecule has 3 heteroatoms. The Morgan fingerprint density at radius 2 is 1.80 bits per heavy atom. The summed E-state index contributed by atoms with van der Waals surface area (Å²) >= 11 is 14.9. The Morgan fingerprint density at radius 1 is 1.20 bits per heavy atom. The molecule has 0 aromatic rings. The Labute approximate surface area is 81.4 Å². The van der Waals surface area contributed by atoms with E-state index in [9.17, 15) is 0 Å². The zero-order chi connectivity index (χ0) is 8.04. The first-order valence-electron chi connectivity index (χ1n) is 3.50. The van der Waals surface area contributed by atoms with Crippen LogP contribution in [0, 0.1) is 0 Å². The van der Waals surface area contributed by atoms with Gasteiger partial charge in [0.2, 0.25) is 0 Å². The Bertz CT molecular complexity index is 78.2. The standard InChI is InChI=1S/C7H13BrCl2/c1-7(9,10)5-3-2-4-6-8/h2-6H2,1H3. The summed E-state index contributed by atoms with van der Waals surface area (Å²) in [6, 6.07) is 0. The SMILES string of the molecule is CC(Cl)(Cl)CCCCCBr. The molecule has 0 saturated heterocycles. The molecule has 0 bridgehead atoms. The van der Waals surface area contributed by atoms with E-state index in [-0.39, 0.29) is 0 Å². The van der Waals surface area contributed by atoms with Gasteiger partial charge in [-0.15, -0.1) is 23.2 Å². The van der Waals surface area contributed by atoms with E-state index >= 15 is 0 Å². The molecule has 10 heavy (non-hydrogen) atoms. The summed E-state index contributed by atoms with van der Waals surface area (Å²) in [6.07, 6.45) is 4.43. The van der Waals surface area contributed by atoms with Crippen LogP contribution in [0.5, 0.6) is 0 Å². The third-order valence-electron chi connectivity index (χ3n) is 1.25. The maximum atomic E-state index is 5.77. The quantitative estimate of drug-likeness (QED) is 0.506. The minimum absolute atomic E-state index is 0.522. The molecule has 0 fully saturated rings. The largest absolute Gasteiger partial charge is 0.115 e. The molecule has 0 unspecified atom stereocenters. The third-order valence-corrected chi connectivity index (χ3v) is 2.19. The van der Waals surface area contributed by atoms with Gasteiger partial charge in [0, 0.05) is 5.33 Å². The van der Waals surface area contributed by atoms with E-state index in [0.29, 0.717) is 0 Å². The van der Waals surface area contributed by atoms with Crippen molar-refractivity contribution in [3.8, 4) is 0 Å². The van der Waals surface area contributed by atoms with E-state index in [0.717, 1.165) is 18.2 Å². The van der Waals surface area contributed by atoms with Crippen LogP contribution in [0.1, 0.15) is 32.6 Å². The summed E-state index contributed by atoms with van der Waals surface area (Å²) < 4.78 is -0.522. The minimum atomic E-state index is -0.522. The zero-order valence-corrected chi connectivity index (χ0v) is 9.27. The van der Waals surface area contributed by atoms with Gasteiger partial charge in [-0.05, 0) is 19.8 Å². The molecule has 0 atom stereocenters. The van der Waals surface area contributed by atoms with E-state index in [1.165, 1.54) is 12.8 Å². The Morgan fingerprint density at radius 3 is 2.20 bits per heavy atom. The molecule has 0 aromatic carbocycles. The molecule has 0 rings (SSSR count). The predicted octanol–water partition coefficient (Wildman–Crippen LogP) is 4.14. The van der Waals surface area contributed by atoms with Gasteiger partial charge in [0.05, 0.1) is 0 Å². The van der Waals surface area contributed by atoms with Gasteiger partial charge in [-0.2, -0.15) is 0 Å². The fourth-order valence-corrected chi connectivity index (χ4v) is 1.37. The van der Waals surface area contributed by atoms with Crippen LogP contribution in [-0.2, 0) is 0 Å². The summed E-state index contributed by atoms with van der Waals surface area (Å²) in [5.41, 5.74) is 0. The van der Waals surface area contributed by atoms with Crippen LogP contribution in [-0.4, -0.2) is 9.66 Å². The maximum Gasteiger partial charge on any atom is 0.115 e. The molecule has 0 N–H and O–H groups in total. The first kappa shape index (κ1) is 11.1. The first-order chi connectivity index (χ1) is 4.56. The monoisotopic (exact) mass is 246 g/mol. The van der Waals surface area contributed by atoms with Crippen molar-refractivity contribution in [3.63, 3.8) is 0 Å². The first-order valence-corrected chi connectivity index (χ1v) is 5.38. The van der Waals surface area contributed by atoms with E-state index in [2.05, 4.69) is 15.9 Å². The van der Waals surface area contributed by atoms with Crippen molar-refractivity contribution in [1.29, 1.82) is 0 Å². The summed E-state index contributed by atoms with van der Waals surface area (Å²) in [6.45, 7) is 1.84. The summed E-state index contributed by atoms with van der Waals surface area (Å²) in [7, 11) is 0.